The monoisotopic (exact) mass is 142 g/mol. The van der Waals surface area contributed by atoms with Crippen LogP contribution in [-0.4, -0.2) is 49.2 Å². The second-order valence-electron chi connectivity index (χ2n) is 1.67. The van der Waals surface area contributed by atoms with Crippen LogP contribution in [0.5, 0.6) is 0 Å². The van der Waals surface area contributed by atoms with Gasteiger partial charge in [-0.05, 0) is 24.3 Å². The summed E-state index contributed by atoms with van der Waals surface area (Å²) in [7, 11) is 0. The van der Waals surface area contributed by atoms with Crippen LogP contribution in [0.1, 0.15) is 19.3 Å². The van der Waals surface area contributed by atoms with Crippen LogP contribution in [0.4, 0.5) is 0 Å². The van der Waals surface area contributed by atoms with Crippen LogP contribution < -0.4 is 0 Å². The molecule has 0 amide bonds. The average Bonchev–Trinajstić information content (AvgIpc) is 1.72. The zero-order chi connectivity index (χ0) is 4.24. The van der Waals surface area contributed by atoms with E-state index < -0.39 is 0 Å². The minimum absolute atomic E-state index is 0. The van der Waals surface area contributed by atoms with E-state index >= 15 is 0 Å². The van der Waals surface area contributed by atoms with Crippen molar-refractivity contribution >= 4 is 49.5 Å². The summed E-state index contributed by atoms with van der Waals surface area (Å²) in [6, 6.07) is 0. The van der Waals surface area contributed by atoms with Gasteiger partial charge in [-0.3, -0.25) is 0 Å². The van der Waals surface area contributed by atoms with E-state index in [0.29, 0.717) is 0 Å². The molecule has 0 aliphatic carbocycles. The molecule has 0 spiro atoms. The first-order valence-electron chi connectivity index (χ1n) is 2.58. The van der Waals surface area contributed by atoms with E-state index in [-0.39, 0.29) is 37.7 Å². The standard InChI is InChI=1S/C5H10S.Ca/c1-2-4-6-5-3-1;/h1-5H2;. The van der Waals surface area contributed by atoms with Crippen LogP contribution in [0.2, 0.25) is 0 Å². The second-order valence-corrected chi connectivity index (χ2v) is 2.90. The predicted molar refractivity (Wildman–Crippen MR) is 36.9 cm³/mol. The topological polar surface area (TPSA) is 0 Å². The van der Waals surface area contributed by atoms with Gasteiger partial charge in [0.25, 0.3) is 0 Å². The van der Waals surface area contributed by atoms with Crippen molar-refractivity contribution in [3.63, 3.8) is 0 Å². The van der Waals surface area contributed by atoms with E-state index in [0.717, 1.165) is 0 Å². The van der Waals surface area contributed by atoms with Crippen molar-refractivity contribution in [2.75, 3.05) is 11.5 Å². The summed E-state index contributed by atoms with van der Waals surface area (Å²) in [5.74, 6) is 2.83. The van der Waals surface area contributed by atoms with Crippen molar-refractivity contribution in [1.82, 2.24) is 0 Å². The largest absolute Gasteiger partial charge is 0.162 e. The normalized spacial score (nSPS) is 20.6. The van der Waals surface area contributed by atoms with Gasteiger partial charge < -0.3 is 0 Å². The van der Waals surface area contributed by atoms with Gasteiger partial charge in [0.1, 0.15) is 0 Å². The molecule has 0 N–H and O–H groups in total. The van der Waals surface area contributed by atoms with Gasteiger partial charge in [0.05, 0.1) is 0 Å². The molecule has 0 aromatic carbocycles. The number of thioether (sulfide) groups is 1. The summed E-state index contributed by atoms with van der Waals surface area (Å²) < 4.78 is 0. The van der Waals surface area contributed by atoms with Crippen LogP contribution >= 0.6 is 11.8 Å². The van der Waals surface area contributed by atoms with E-state index in [1.54, 1.807) is 0 Å². The zero-order valence-corrected chi connectivity index (χ0v) is 7.68. The van der Waals surface area contributed by atoms with Crippen molar-refractivity contribution in [2.45, 2.75) is 19.3 Å². The fourth-order valence-electron chi connectivity index (χ4n) is 0.687. The van der Waals surface area contributed by atoms with E-state index in [1.807, 2.05) is 0 Å². The van der Waals surface area contributed by atoms with Gasteiger partial charge in [0, 0.05) is 37.7 Å². The zero-order valence-electron chi connectivity index (χ0n) is 4.65. The molecule has 0 aromatic heterocycles. The third kappa shape index (κ3) is 4.14. The Morgan fingerprint density at radius 3 is 1.57 bits per heavy atom. The maximum atomic E-state index is 2.09. The van der Waals surface area contributed by atoms with Crippen LogP contribution in [0.3, 0.4) is 0 Å². The van der Waals surface area contributed by atoms with Crippen molar-refractivity contribution in [3.05, 3.63) is 0 Å². The summed E-state index contributed by atoms with van der Waals surface area (Å²) in [5, 5.41) is 0. The molecular formula is C5H10CaS. The number of hydrogen-bond donors (Lipinski definition) is 0. The Morgan fingerprint density at radius 1 is 0.857 bits per heavy atom. The van der Waals surface area contributed by atoms with Gasteiger partial charge in [-0.2, -0.15) is 11.8 Å². The molecule has 0 saturated carbocycles. The molecule has 0 atom stereocenters. The molecule has 0 nitrogen and oxygen atoms in total. The van der Waals surface area contributed by atoms with E-state index in [4.69, 9.17) is 0 Å². The minimum Gasteiger partial charge on any atom is -0.162 e. The first kappa shape index (κ1) is 8.61. The summed E-state index contributed by atoms with van der Waals surface area (Å²) in [5.41, 5.74) is 0. The molecule has 0 aromatic rings. The summed E-state index contributed by atoms with van der Waals surface area (Å²) in [6.45, 7) is 0. The third-order valence-electron chi connectivity index (χ3n) is 1.08. The molecule has 1 heterocycles. The molecular weight excluding hydrogens is 132 g/mol. The Labute approximate surface area is 79.4 Å². The first-order chi connectivity index (χ1) is 3.00. The fourth-order valence-corrected chi connectivity index (χ4v) is 1.71. The Bertz CT molecular complexity index is 23.6. The van der Waals surface area contributed by atoms with Gasteiger partial charge in [0.15, 0.2) is 0 Å². The van der Waals surface area contributed by atoms with Crippen molar-refractivity contribution < 1.29 is 0 Å². The Kier molecular flexibility index (Phi) is 7.06. The molecule has 0 bridgehead atoms. The molecule has 7 heavy (non-hydrogen) atoms. The molecule has 1 aliphatic heterocycles. The smallest absolute Gasteiger partial charge is 0 e. The maximum absolute atomic E-state index is 2.09. The predicted octanol–water partition coefficient (Wildman–Crippen LogP) is 1.52. The molecule has 2 radical (unpaired) electrons. The minimum atomic E-state index is 0. The van der Waals surface area contributed by atoms with Gasteiger partial charge in [-0.25, -0.2) is 0 Å². The first-order valence-corrected chi connectivity index (χ1v) is 3.73. The molecule has 1 rings (SSSR count). The Morgan fingerprint density at radius 2 is 1.43 bits per heavy atom. The van der Waals surface area contributed by atoms with Gasteiger partial charge >= 0.3 is 0 Å². The quantitative estimate of drug-likeness (QED) is 0.462. The van der Waals surface area contributed by atoms with Crippen molar-refractivity contribution in [1.29, 1.82) is 0 Å². The van der Waals surface area contributed by atoms with Crippen LogP contribution in [0.25, 0.3) is 0 Å². The van der Waals surface area contributed by atoms with Crippen molar-refractivity contribution in [3.8, 4) is 0 Å². The SMILES string of the molecule is C1CCSCC1.[Ca]. The van der Waals surface area contributed by atoms with Crippen LogP contribution in [0.15, 0.2) is 0 Å². The third-order valence-corrected chi connectivity index (χ3v) is 2.23. The van der Waals surface area contributed by atoms with Crippen molar-refractivity contribution in [2.24, 2.45) is 0 Å². The fraction of sp³-hybridized carbons (Fsp3) is 1.00. The van der Waals surface area contributed by atoms with Gasteiger partial charge in [-0.15, -0.1) is 0 Å². The summed E-state index contributed by atoms with van der Waals surface area (Å²) in [4.78, 5) is 0. The Hall–Kier alpha value is 1.61. The van der Waals surface area contributed by atoms with E-state index in [9.17, 15) is 0 Å². The van der Waals surface area contributed by atoms with E-state index in [2.05, 4.69) is 11.8 Å². The molecule has 1 aliphatic rings. The molecule has 2 heteroatoms. The van der Waals surface area contributed by atoms with Gasteiger partial charge in [-0.1, -0.05) is 6.42 Å². The van der Waals surface area contributed by atoms with Crippen LogP contribution in [-0.2, 0) is 0 Å². The number of hydrogen-bond acceptors (Lipinski definition) is 1. The molecule has 38 valence electrons. The second kappa shape index (κ2) is 5.74. The molecule has 0 unspecified atom stereocenters. The summed E-state index contributed by atoms with van der Waals surface area (Å²) >= 11 is 2.09. The van der Waals surface area contributed by atoms with Gasteiger partial charge in [0.2, 0.25) is 0 Å². The maximum Gasteiger partial charge on any atom is 0 e. The molecule has 1 saturated heterocycles. The summed E-state index contributed by atoms with van der Waals surface area (Å²) in [6.07, 6.45) is 4.41. The Balaban J connectivity index is 0.000000360. The average molecular weight is 142 g/mol. The van der Waals surface area contributed by atoms with Crippen LogP contribution in [0, 0.1) is 0 Å². The van der Waals surface area contributed by atoms with E-state index in [1.165, 1.54) is 30.8 Å². The molecule has 1 fully saturated rings. The number of rotatable bonds is 0.